The summed E-state index contributed by atoms with van der Waals surface area (Å²) >= 11 is 0. The second-order valence-electron chi connectivity index (χ2n) is 5.20. The largest absolute Gasteiger partial charge is 0.292 e. The first-order valence-electron chi connectivity index (χ1n) is 6.95. The van der Waals surface area contributed by atoms with Crippen LogP contribution in [0.4, 0.5) is 0 Å². The van der Waals surface area contributed by atoms with Gasteiger partial charge in [0.15, 0.2) is 0 Å². The summed E-state index contributed by atoms with van der Waals surface area (Å²) in [6.45, 7) is 0. The molecule has 0 aliphatic rings. The summed E-state index contributed by atoms with van der Waals surface area (Å²) in [5, 5.41) is 3.49. The fraction of sp³-hybridized carbons (Fsp3) is 0. The van der Waals surface area contributed by atoms with Crippen molar-refractivity contribution < 1.29 is 0 Å². The van der Waals surface area contributed by atoms with Crippen LogP contribution >= 0.6 is 0 Å². The van der Waals surface area contributed by atoms with Crippen molar-refractivity contribution in [1.29, 1.82) is 0 Å². The van der Waals surface area contributed by atoms with Gasteiger partial charge in [0.05, 0.1) is 16.6 Å². The molecule has 0 radical (unpaired) electrons. The van der Waals surface area contributed by atoms with Crippen LogP contribution in [0.3, 0.4) is 0 Å². The standard InChI is InChI=1S/C18H11N3/c1-2-8-15-12(5-1)11-16-17-13(6-3-9-19-17)14-7-4-10-20-18(14)21(15)16/h1-11H. The van der Waals surface area contributed by atoms with E-state index in [1.54, 1.807) is 0 Å². The second-order valence-corrected chi connectivity index (χ2v) is 5.20. The van der Waals surface area contributed by atoms with Gasteiger partial charge in [-0.3, -0.25) is 9.38 Å². The number of rotatable bonds is 0. The first-order chi connectivity index (χ1) is 10.4. The van der Waals surface area contributed by atoms with E-state index in [-0.39, 0.29) is 0 Å². The van der Waals surface area contributed by atoms with Crippen LogP contribution in [0.2, 0.25) is 0 Å². The lowest BCUT2D eigenvalue weighted by molar-refractivity contribution is 1.24. The highest BCUT2D eigenvalue weighted by Gasteiger charge is 2.12. The lowest BCUT2D eigenvalue weighted by atomic mass is 10.1. The van der Waals surface area contributed by atoms with Crippen molar-refractivity contribution in [3.05, 3.63) is 67.0 Å². The van der Waals surface area contributed by atoms with Gasteiger partial charge in [0.25, 0.3) is 0 Å². The smallest absolute Gasteiger partial charge is 0.145 e. The number of nitrogens with zero attached hydrogens (tertiary/aromatic N) is 3. The summed E-state index contributed by atoms with van der Waals surface area (Å²) in [5.41, 5.74) is 4.28. The van der Waals surface area contributed by atoms with E-state index in [1.165, 1.54) is 10.9 Å². The number of hydrogen-bond donors (Lipinski definition) is 0. The van der Waals surface area contributed by atoms with Gasteiger partial charge in [-0.15, -0.1) is 0 Å². The molecule has 0 atom stereocenters. The Labute approximate surface area is 120 Å². The molecular formula is C18H11N3. The van der Waals surface area contributed by atoms with Crippen molar-refractivity contribution in [3.8, 4) is 0 Å². The van der Waals surface area contributed by atoms with Gasteiger partial charge >= 0.3 is 0 Å². The Morgan fingerprint density at radius 3 is 2.48 bits per heavy atom. The molecule has 0 aliphatic heterocycles. The van der Waals surface area contributed by atoms with E-state index >= 15 is 0 Å². The highest BCUT2D eigenvalue weighted by Crippen LogP contribution is 2.31. The van der Waals surface area contributed by atoms with Crippen LogP contribution in [-0.4, -0.2) is 14.4 Å². The van der Waals surface area contributed by atoms with E-state index in [0.717, 1.165) is 27.5 Å². The lowest BCUT2D eigenvalue weighted by Gasteiger charge is -2.07. The Kier molecular flexibility index (Phi) is 1.95. The van der Waals surface area contributed by atoms with Crippen LogP contribution in [0.1, 0.15) is 0 Å². The molecule has 3 heteroatoms. The maximum Gasteiger partial charge on any atom is 0.145 e. The van der Waals surface area contributed by atoms with Gasteiger partial charge in [-0.25, -0.2) is 4.98 Å². The normalized spacial score (nSPS) is 11.8. The number of pyridine rings is 3. The van der Waals surface area contributed by atoms with Crippen molar-refractivity contribution in [1.82, 2.24) is 14.4 Å². The van der Waals surface area contributed by atoms with Crippen LogP contribution in [0, 0.1) is 0 Å². The Morgan fingerprint density at radius 1 is 0.714 bits per heavy atom. The Balaban J connectivity index is 2.25. The van der Waals surface area contributed by atoms with Gasteiger partial charge in [0, 0.05) is 28.6 Å². The molecule has 4 heterocycles. The summed E-state index contributed by atoms with van der Waals surface area (Å²) in [6.07, 6.45) is 3.70. The Bertz CT molecular complexity index is 1140. The minimum atomic E-state index is 0.981. The van der Waals surface area contributed by atoms with Gasteiger partial charge < -0.3 is 0 Å². The zero-order chi connectivity index (χ0) is 13.8. The van der Waals surface area contributed by atoms with Crippen LogP contribution in [-0.2, 0) is 0 Å². The fourth-order valence-electron chi connectivity index (χ4n) is 3.17. The third kappa shape index (κ3) is 1.32. The predicted octanol–water partition coefficient (Wildman–Crippen LogP) is 4.19. The van der Waals surface area contributed by atoms with E-state index in [9.17, 15) is 0 Å². The van der Waals surface area contributed by atoms with Crippen molar-refractivity contribution in [2.24, 2.45) is 0 Å². The molecule has 0 fully saturated rings. The van der Waals surface area contributed by atoms with Gasteiger partial charge in [-0.05, 0) is 30.3 Å². The SMILES string of the molecule is c1ccc2c(c1)cc1c3ncccc3c3cccnc3n21. The summed E-state index contributed by atoms with van der Waals surface area (Å²) in [6, 6.07) is 18.8. The number of para-hydroxylation sites is 1. The minimum Gasteiger partial charge on any atom is -0.292 e. The second kappa shape index (κ2) is 3.79. The molecule has 0 aliphatic carbocycles. The molecule has 0 saturated heterocycles. The van der Waals surface area contributed by atoms with Gasteiger partial charge in [0.2, 0.25) is 0 Å². The average Bonchev–Trinajstić information content (AvgIpc) is 2.95. The molecule has 0 unspecified atom stereocenters. The Hall–Kier alpha value is -2.94. The third-order valence-corrected chi connectivity index (χ3v) is 4.05. The van der Waals surface area contributed by atoms with Crippen LogP contribution in [0.5, 0.6) is 0 Å². The Morgan fingerprint density at radius 2 is 1.52 bits per heavy atom. The molecule has 0 amide bonds. The zero-order valence-corrected chi connectivity index (χ0v) is 11.2. The number of hydrogen-bond acceptors (Lipinski definition) is 2. The van der Waals surface area contributed by atoms with Gasteiger partial charge in [0.1, 0.15) is 5.65 Å². The van der Waals surface area contributed by atoms with E-state index in [0.29, 0.717) is 0 Å². The van der Waals surface area contributed by atoms with Crippen molar-refractivity contribution in [2.45, 2.75) is 0 Å². The zero-order valence-electron chi connectivity index (χ0n) is 11.2. The minimum absolute atomic E-state index is 0.981. The lowest BCUT2D eigenvalue weighted by Crippen LogP contribution is -1.94. The topological polar surface area (TPSA) is 30.2 Å². The molecule has 5 rings (SSSR count). The maximum absolute atomic E-state index is 4.62. The van der Waals surface area contributed by atoms with E-state index in [2.05, 4.69) is 56.8 Å². The number of benzene rings is 1. The van der Waals surface area contributed by atoms with Gasteiger partial charge in [-0.1, -0.05) is 24.3 Å². The summed E-state index contributed by atoms with van der Waals surface area (Å²) in [5.74, 6) is 0. The molecule has 1 aromatic carbocycles. The molecule has 5 aromatic rings. The third-order valence-electron chi connectivity index (χ3n) is 4.05. The quantitative estimate of drug-likeness (QED) is 0.395. The number of fused-ring (bicyclic) bond motifs is 8. The molecule has 0 spiro atoms. The first-order valence-corrected chi connectivity index (χ1v) is 6.95. The predicted molar refractivity (Wildman–Crippen MR) is 85.5 cm³/mol. The fourth-order valence-corrected chi connectivity index (χ4v) is 3.17. The average molecular weight is 269 g/mol. The summed E-state index contributed by atoms with van der Waals surface area (Å²) < 4.78 is 2.21. The summed E-state index contributed by atoms with van der Waals surface area (Å²) in [7, 11) is 0. The molecule has 98 valence electrons. The molecule has 21 heavy (non-hydrogen) atoms. The van der Waals surface area contributed by atoms with Crippen LogP contribution in [0.15, 0.2) is 67.0 Å². The molecular weight excluding hydrogens is 258 g/mol. The molecule has 0 N–H and O–H groups in total. The van der Waals surface area contributed by atoms with E-state index in [1.807, 2.05) is 24.5 Å². The van der Waals surface area contributed by atoms with Crippen LogP contribution < -0.4 is 0 Å². The van der Waals surface area contributed by atoms with Crippen molar-refractivity contribution >= 4 is 38.4 Å². The molecule has 4 aromatic heterocycles. The molecule has 3 nitrogen and oxygen atoms in total. The summed E-state index contributed by atoms with van der Waals surface area (Å²) in [4.78, 5) is 9.22. The molecule has 0 saturated carbocycles. The van der Waals surface area contributed by atoms with E-state index < -0.39 is 0 Å². The highest BCUT2D eigenvalue weighted by molar-refractivity contribution is 6.12. The molecule has 0 bridgehead atoms. The maximum atomic E-state index is 4.62. The van der Waals surface area contributed by atoms with Crippen molar-refractivity contribution in [3.63, 3.8) is 0 Å². The highest BCUT2D eigenvalue weighted by atomic mass is 15.0. The van der Waals surface area contributed by atoms with Gasteiger partial charge in [-0.2, -0.15) is 0 Å². The monoisotopic (exact) mass is 269 g/mol. The van der Waals surface area contributed by atoms with E-state index in [4.69, 9.17) is 0 Å². The van der Waals surface area contributed by atoms with Crippen molar-refractivity contribution in [2.75, 3.05) is 0 Å². The number of aromatic nitrogens is 3. The van der Waals surface area contributed by atoms with Crippen LogP contribution in [0.25, 0.3) is 38.4 Å². The first kappa shape index (κ1) is 10.8.